The molecule has 0 aliphatic carbocycles. The van der Waals surface area contributed by atoms with Crippen LogP contribution < -0.4 is 0 Å². The highest BCUT2D eigenvalue weighted by Gasteiger charge is 2.23. The van der Waals surface area contributed by atoms with E-state index in [9.17, 15) is 15.2 Å². The molecule has 1 N–H and O–H groups in total. The number of carboxylic acids is 1. The quantitative estimate of drug-likeness (QED) is 0.0248. The average Bonchev–Trinajstić information content (AvgIpc) is 4.28. The molecule has 0 fully saturated rings. The molecule has 0 unspecified atom stereocenters. The first-order chi connectivity index (χ1) is 37.3. The van der Waals surface area contributed by atoms with Crippen molar-refractivity contribution in [3.05, 3.63) is 99.9 Å². The molecule has 0 spiro atoms. The number of para-hydroxylation sites is 1. The smallest absolute Gasteiger partial charge is 0.346 e. The SMILES string of the molecule is CCCCCCCCn1c2ccccc2c2cc3c(cc21)c1cc(-c2cc(CCCCCC)c(-c4cc(CCCCCC)c(-c5cc(CCCCCC)c(/C=C(/C#N)C(=O)O)s5)s4)s2)ccc1n3CCCCCCCC. The molecule has 8 heteroatoms. The second-order valence-corrected chi connectivity index (χ2v) is 25.0. The Morgan fingerprint density at radius 3 is 1.46 bits per heavy atom. The molecule has 404 valence electrons. The summed E-state index contributed by atoms with van der Waals surface area (Å²) in [6, 6.07) is 31.0. The third kappa shape index (κ3) is 14.0. The van der Waals surface area contributed by atoms with Crippen molar-refractivity contribution in [3.8, 4) is 36.0 Å². The van der Waals surface area contributed by atoms with Crippen LogP contribution >= 0.6 is 34.0 Å². The highest BCUT2D eigenvalue weighted by Crippen LogP contribution is 2.49. The van der Waals surface area contributed by atoms with E-state index in [4.69, 9.17) is 0 Å². The number of benzene rings is 3. The van der Waals surface area contributed by atoms with E-state index in [1.807, 2.05) is 28.7 Å². The Bertz CT molecular complexity index is 3220. The number of aliphatic carboxylic acids is 1. The fourth-order valence-electron chi connectivity index (χ4n) is 11.6. The number of carbonyl (C=O) groups is 1. The van der Waals surface area contributed by atoms with Crippen LogP contribution in [0.1, 0.15) is 210 Å². The fourth-order valence-corrected chi connectivity index (χ4v) is 15.5. The number of carboxylic acid groups (broad SMARTS) is 1. The minimum Gasteiger partial charge on any atom is -0.477 e. The minimum atomic E-state index is -1.16. The van der Waals surface area contributed by atoms with Gasteiger partial charge < -0.3 is 14.2 Å². The second-order valence-electron chi connectivity index (χ2n) is 21.8. The number of nitrogens with zero attached hydrogens (tertiary/aromatic N) is 3. The fraction of sp³-hybridized carbons (Fsp3) is 0.500. The van der Waals surface area contributed by atoms with Crippen LogP contribution in [0.3, 0.4) is 0 Å². The van der Waals surface area contributed by atoms with Gasteiger partial charge in [-0.25, -0.2) is 4.79 Å². The molecular weight excluding hydrogens is 987 g/mol. The van der Waals surface area contributed by atoms with Crippen LogP contribution in [-0.2, 0) is 37.1 Å². The Hall–Kier alpha value is -4.94. The van der Waals surface area contributed by atoms with Crippen molar-refractivity contribution in [1.29, 1.82) is 5.26 Å². The van der Waals surface area contributed by atoms with Gasteiger partial charge in [0.15, 0.2) is 0 Å². The lowest BCUT2D eigenvalue weighted by Crippen LogP contribution is -1.99. The van der Waals surface area contributed by atoms with Crippen LogP contribution in [-0.4, -0.2) is 20.2 Å². The average molecular weight is 1070 g/mol. The molecule has 0 aliphatic heterocycles. The molecule has 0 bridgehead atoms. The molecule has 0 radical (unpaired) electrons. The van der Waals surface area contributed by atoms with Gasteiger partial charge in [-0.15, -0.1) is 34.0 Å². The van der Waals surface area contributed by atoms with Crippen molar-refractivity contribution in [3.63, 3.8) is 0 Å². The van der Waals surface area contributed by atoms with E-state index in [-0.39, 0.29) is 5.57 Å². The van der Waals surface area contributed by atoms with Crippen LogP contribution in [0.15, 0.2) is 78.4 Å². The molecule has 5 aromatic heterocycles. The van der Waals surface area contributed by atoms with E-state index >= 15 is 0 Å². The largest absolute Gasteiger partial charge is 0.477 e. The summed E-state index contributed by atoms with van der Waals surface area (Å²) >= 11 is 5.58. The summed E-state index contributed by atoms with van der Waals surface area (Å²) in [5, 5.41) is 25.2. The van der Waals surface area contributed by atoms with Crippen molar-refractivity contribution in [2.45, 2.75) is 221 Å². The van der Waals surface area contributed by atoms with Crippen LogP contribution in [0, 0.1) is 11.3 Å². The number of hydrogen-bond donors (Lipinski definition) is 1. The van der Waals surface area contributed by atoms with Gasteiger partial charge in [-0.2, -0.15) is 5.26 Å². The van der Waals surface area contributed by atoms with Crippen molar-refractivity contribution in [1.82, 2.24) is 9.13 Å². The van der Waals surface area contributed by atoms with Gasteiger partial charge >= 0.3 is 5.97 Å². The molecule has 8 aromatic rings. The maximum absolute atomic E-state index is 12.1. The molecular formula is C68H87N3O2S3. The first-order valence-electron chi connectivity index (χ1n) is 30.0. The lowest BCUT2D eigenvalue weighted by Gasteiger charge is -2.09. The van der Waals surface area contributed by atoms with E-state index < -0.39 is 5.97 Å². The van der Waals surface area contributed by atoms with Crippen molar-refractivity contribution < 1.29 is 9.90 Å². The monoisotopic (exact) mass is 1070 g/mol. The topological polar surface area (TPSA) is 70.9 Å². The summed E-state index contributed by atoms with van der Waals surface area (Å²) in [6.45, 7) is 13.5. The van der Waals surface area contributed by atoms with Gasteiger partial charge in [0.05, 0.1) is 0 Å². The summed E-state index contributed by atoms with van der Waals surface area (Å²) in [7, 11) is 0. The summed E-state index contributed by atoms with van der Waals surface area (Å²) < 4.78 is 5.29. The second kappa shape index (κ2) is 29.2. The number of unbranched alkanes of at least 4 members (excludes halogenated alkanes) is 19. The number of fused-ring (bicyclic) bond motifs is 6. The third-order valence-electron chi connectivity index (χ3n) is 15.9. The summed E-state index contributed by atoms with van der Waals surface area (Å²) in [5.74, 6) is -1.16. The third-order valence-corrected chi connectivity index (χ3v) is 19.8. The molecule has 3 aromatic carbocycles. The van der Waals surface area contributed by atoms with Crippen molar-refractivity contribution in [2.24, 2.45) is 0 Å². The van der Waals surface area contributed by atoms with Crippen molar-refractivity contribution in [2.75, 3.05) is 0 Å². The number of nitriles is 1. The van der Waals surface area contributed by atoms with Gasteiger partial charge in [0.25, 0.3) is 0 Å². The van der Waals surface area contributed by atoms with Gasteiger partial charge in [0.2, 0.25) is 0 Å². The van der Waals surface area contributed by atoms with E-state index in [1.54, 1.807) is 17.4 Å². The minimum absolute atomic E-state index is 0.200. The Morgan fingerprint density at radius 1 is 0.474 bits per heavy atom. The first-order valence-corrected chi connectivity index (χ1v) is 32.5. The van der Waals surface area contributed by atoms with E-state index in [0.717, 1.165) is 68.5 Å². The molecule has 76 heavy (non-hydrogen) atoms. The standard InChI is InChI=1S/C68H87N3O2S3/c1-6-11-16-21-23-30-39-70-58-36-29-28-35-54(58)56-46-61-57(47-60(56)70)55-41-50(37-38-59(55)71(61)40-31-24-22-17-12-7-2)63-43-51(33-26-19-14-9-4)67(75-63)65-44-52(34-27-20-15-10-5)66(76-65)64-42-49(32-25-18-13-8-3)62(74-64)45-53(48-69)68(72)73/h28-29,35-38,41-47H,6-27,30-34,39-40H2,1-5H3,(H,72,73)/b53-45-. The van der Waals surface area contributed by atoms with Crippen molar-refractivity contribution >= 4 is 89.7 Å². The Balaban J connectivity index is 1.24. The zero-order valence-electron chi connectivity index (χ0n) is 46.9. The number of aryl methyl sites for hydroxylation is 5. The highest BCUT2D eigenvalue weighted by molar-refractivity contribution is 7.27. The lowest BCUT2D eigenvalue weighted by atomic mass is 10.0. The number of thiophene rings is 3. The molecule has 0 aliphatic rings. The highest BCUT2D eigenvalue weighted by atomic mass is 32.1. The Labute approximate surface area is 468 Å². The summed E-state index contributed by atoms with van der Waals surface area (Å²) in [4.78, 5) is 19.6. The molecule has 0 amide bonds. The number of aromatic nitrogens is 2. The van der Waals surface area contributed by atoms with Crippen LogP contribution in [0.5, 0.6) is 0 Å². The Kier molecular flexibility index (Phi) is 22.0. The van der Waals surface area contributed by atoms with E-state index in [2.05, 4.69) is 117 Å². The molecule has 8 rings (SSSR count). The van der Waals surface area contributed by atoms with Crippen LogP contribution in [0.25, 0.3) is 79.6 Å². The summed E-state index contributed by atoms with van der Waals surface area (Å²) in [6.07, 6.45) is 34.3. The predicted octanol–water partition coefficient (Wildman–Crippen LogP) is 22.2. The van der Waals surface area contributed by atoms with Gasteiger partial charge in [-0.1, -0.05) is 181 Å². The Morgan fingerprint density at radius 2 is 0.908 bits per heavy atom. The molecule has 5 nitrogen and oxygen atoms in total. The van der Waals surface area contributed by atoms with Gasteiger partial charge in [-0.3, -0.25) is 0 Å². The van der Waals surface area contributed by atoms with Gasteiger partial charge in [0, 0.05) is 86.0 Å². The maximum atomic E-state index is 12.1. The van der Waals surface area contributed by atoms with E-state index in [1.165, 1.54) is 213 Å². The lowest BCUT2D eigenvalue weighted by molar-refractivity contribution is -0.132. The van der Waals surface area contributed by atoms with Gasteiger partial charge in [0.1, 0.15) is 11.6 Å². The van der Waals surface area contributed by atoms with E-state index in [0.29, 0.717) is 0 Å². The molecule has 0 atom stereocenters. The number of rotatable bonds is 34. The maximum Gasteiger partial charge on any atom is 0.346 e. The van der Waals surface area contributed by atoms with Crippen LogP contribution in [0.2, 0.25) is 0 Å². The molecule has 0 saturated heterocycles. The van der Waals surface area contributed by atoms with Crippen LogP contribution in [0.4, 0.5) is 0 Å². The normalized spacial score (nSPS) is 12.1. The molecule has 0 saturated carbocycles. The van der Waals surface area contributed by atoms with Gasteiger partial charge in [-0.05, 0) is 128 Å². The first kappa shape index (κ1) is 57.2. The zero-order chi connectivity index (χ0) is 53.2. The zero-order valence-corrected chi connectivity index (χ0v) is 49.4. The summed E-state index contributed by atoms with van der Waals surface area (Å²) in [5.41, 5.74) is 10.5. The predicted molar refractivity (Wildman–Crippen MR) is 334 cm³/mol. The number of hydrogen-bond acceptors (Lipinski definition) is 5. The molecule has 5 heterocycles.